The van der Waals surface area contributed by atoms with Gasteiger partial charge in [-0.25, -0.2) is 9.07 Å². The quantitative estimate of drug-likeness (QED) is 0.299. The van der Waals surface area contributed by atoms with E-state index in [1.807, 2.05) is 12.1 Å². The molecule has 3 aromatic carbocycles. The fourth-order valence-electron chi connectivity index (χ4n) is 4.05. The molecule has 0 spiro atoms. The Morgan fingerprint density at radius 1 is 1.00 bits per heavy atom. The summed E-state index contributed by atoms with van der Waals surface area (Å²) < 4.78 is 61.7. The van der Waals surface area contributed by atoms with Gasteiger partial charge in [0, 0.05) is 5.56 Å². The molecule has 172 valence electrons. The number of nitrogens with one attached hydrogen (secondary N) is 1. The number of benzene rings is 3. The Morgan fingerprint density at radius 3 is 2.35 bits per heavy atom. The highest BCUT2D eigenvalue weighted by atomic mass is 19.4. The van der Waals surface area contributed by atoms with Crippen LogP contribution in [0.3, 0.4) is 0 Å². The van der Waals surface area contributed by atoms with Crippen LogP contribution in [0.5, 0.6) is 5.75 Å². The Labute approximate surface area is 190 Å². The lowest BCUT2D eigenvalue weighted by Gasteiger charge is -2.07. The Balaban J connectivity index is 1.72. The fourth-order valence-corrected chi connectivity index (χ4v) is 4.05. The number of alkyl halides is 3. The molecule has 9 heteroatoms. The molecule has 5 rings (SSSR count). The van der Waals surface area contributed by atoms with E-state index in [2.05, 4.69) is 5.10 Å². The van der Waals surface area contributed by atoms with Crippen LogP contribution in [0.4, 0.5) is 17.6 Å². The number of fused-ring (bicyclic) bond motifs is 3. The van der Waals surface area contributed by atoms with E-state index in [1.165, 1.54) is 18.2 Å². The van der Waals surface area contributed by atoms with Gasteiger partial charge < -0.3 is 4.74 Å². The molecule has 0 fully saturated rings. The average Bonchev–Trinajstić information content (AvgIpc) is 3.16. The summed E-state index contributed by atoms with van der Waals surface area (Å²) in [6.07, 6.45) is -2.80. The number of aromatic nitrogens is 3. The summed E-state index contributed by atoms with van der Waals surface area (Å²) in [5.41, 5.74) is 0.210. The second-order valence-corrected chi connectivity index (χ2v) is 7.83. The number of ether oxygens (including phenoxy) is 1. The Bertz CT molecular complexity index is 1570. The fraction of sp³-hybridized carbons (Fsp3) is 0.120. The molecule has 0 saturated carbocycles. The van der Waals surface area contributed by atoms with E-state index in [0.29, 0.717) is 17.7 Å². The lowest BCUT2D eigenvalue weighted by Crippen LogP contribution is -2.38. The van der Waals surface area contributed by atoms with E-state index < -0.39 is 23.1 Å². The number of rotatable bonds is 4. The van der Waals surface area contributed by atoms with E-state index in [0.717, 1.165) is 22.4 Å². The SMILES string of the molecule is COc1ccc(C[n+]2cc3cccc(F)c3c3[nH]n(-c4ccc(C(F)(F)F)cc4)c(=O)c32)cc1. The topological polar surface area (TPSA) is 50.9 Å². The molecule has 0 aliphatic heterocycles. The van der Waals surface area contributed by atoms with Crippen LogP contribution in [0.2, 0.25) is 0 Å². The van der Waals surface area contributed by atoms with Crippen LogP contribution < -0.4 is 14.9 Å². The van der Waals surface area contributed by atoms with Crippen molar-refractivity contribution in [3.8, 4) is 11.4 Å². The molecule has 0 unspecified atom stereocenters. The number of H-pyrrole nitrogens is 1. The van der Waals surface area contributed by atoms with Gasteiger partial charge in [0.2, 0.25) is 0 Å². The third-order valence-electron chi connectivity index (χ3n) is 5.71. The summed E-state index contributed by atoms with van der Waals surface area (Å²) >= 11 is 0. The van der Waals surface area contributed by atoms with E-state index in [4.69, 9.17) is 4.74 Å². The van der Waals surface area contributed by atoms with E-state index in [9.17, 15) is 22.4 Å². The van der Waals surface area contributed by atoms with Crippen LogP contribution in [0.25, 0.3) is 27.5 Å². The molecular formula is C25H18F4N3O2+. The average molecular weight is 468 g/mol. The maximum atomic E-state index is 14.8. The van der Waals surface area contributed by atoms with Gasteiger partial charge in [0.15, 0.2) is 12.7 Å². The highest BCUT2D eigenvalue weighted by molar-refractivity contribution is 6.01. The smallest absolute Gasteiger partial charge is 0.416 e. The summed E-state index contributed by atoms with van der Waals surface area (Å²) in [5.74, 6) is 0.172. The summed E-state index contributed by atoms with van der Waals surface area (Å²) in [5, 5.41) is 3.71. The zero-order valence-corrected chi connectivity index (χ0v) is 17.9. The number of methoxy groups -OCH3 is 1. The van der Waals surface area contributed by atoms with Crippen LogP contribution in [-0.4, -0.2) is 16.9 Å². The van der Waals surface area contributed by atoms with Gasteiger partial charge in [0.1, 0.15) is 17.1 Å². The molecule has 0 saturated heterocycles. The number of hydrogen-bond acceptors (Lipinski definition) is 2. The van der Waals surface area contributed by atoms with E-state index in [1.54, 1.807) is 42.1 Å². The minimum atomic E-state index is -4.50. The Kier molecular flexibility index (Phi) is 5.11. The van der Waals surface area contributed by atoms with Crippen LogP contribution in [0.1, 0.15) is 11.1 Å². The first-order valence-corrected chi connectivity index (χ1v) is 10.3. The molecular weight excluding hydrogens is 450 g/mol. The van der Waals surface area contributed by atoms with E-state index >= 15 is 0 Å². The second-order valence-electron chi connectivity index (χ2n) is 7.83. The Hall–Kier alpha value is -4.14. The maximum Gasteiger partial charge on any atom is 0.416 e. The normalized spacial score (nSPS) is 11.9. The molecule has 0 amide bonds. The largest absolute Gasteiger partial charge is 0.497 e. The van der Waals surface area contributed by atoms with Crippen molar-refractivity contribution >= 4 is 21.8 Å². The van der Waals surface area contributed by atoms with Crippen molar-refractivity contribution in [3.05, 3.63) is 100 Å². The third kappa shape index (κ3) is 3.68. The van der Waals surface area contributed by atoms with Crippen LogP contribution in [0, 0.1) is 5.82 Å². The molecule has 1 N–H and O–H groups in total. The van der Waals surface area contributed by atoms with Crippen molar-refractivity contribution < 1.29 is 26.9 Å². The number of hydrogen-bond donors (Lipinski definition) is 1. The van der Waals surface area contributed by atoms with Crippen LogP contribution >= 0.6 is 0 Å². The lowest BCUT2D eigenvalue weighted by atomic mass is 10.1. The lowest BCUT2D eigenvalue weighted by molar-refractivity contribution is -0.661. The van der Waals surface area contributed by atoms with E-state index in [-0.39, 0.29) is 22.1 Å². The number of aromatic amines is 1. The highest BCUT2D eigenvalue weighted by Gasteiger charge is 2.30. The molecule has 0 radical (unpaired) electrons. The van der Waals surface area contributed by atoms with Crippen molar-refractivity contribution in [1.82, 2.24) is 9.78 Å². The van der Waals surface area contributed by atoms with Crippen LogP contribution in [-0.2, 0) is 12.7 Å². The van der Waals surface area contributed by atoms with Crippen molar-refractivity contribution in [2.24, 2.45) is 0 Å². The van der Waals surface area contributed by atoms with Gasteiger partial charge in [-0.3, -0.25) is 9.89 Å². The van der Waals surface area contributed by atoms with Gasteiger partial charge in [-0.05, 0) is 60.7 Å². The zero-order valence-electron chi connectivity index (χ0n) is 17.9. The second kappa shape index (κ2) is 8.02. The molecule has 2 aromatic heterocycles. The summed E-state index contributed by atoms with van der Waals surface area (Å²) in [4.78, 5) is 13.4. The monoisotopic (exact) mass is 468 g/mol. The molecule has 5 nitrogen and oxygen atoms in total. The first-order chi connectivity index (χ1) is 16.3. The number of pyridine rings is 1. The predicted molar refractivity (Wildman–Crippen MR) is 119 cm³/mol. The number of nitrogens with zero attached hydrogens (tertiary/aromatic N) is 2. The molecule has 0 aliphatic carbocycles. The van der Waals surface area contributed by atoms with Gasteiger partial charge in [-0.2, -0.15) is 17.7 Å². The van der Waals surface area contributed by atoms with Gasteiger partial charge in [0.05, 0.1) is 29.1 Å². The molecule has 34 heavy (non-hydrogen) atoms. The summed E-state index contributed by atoms with van der Waals surface area (Å²) in [6.45, 7) is 0.313. The number of halogens is 4. The van der Waals surface area contributed by atoms with Crippen molar-refractivity contribution in [3.63, 3.8) is 0 Å². The first-order valence-electron chi connectivity index (χ1n) is 10.3. The minimum absolute atomic E-state index is 0.202. The first kappa shape index (κ1) is 21.7. The molecule has 2 heterocycles. The summed E-state index contributed by atoms with van der Waals surface area (Å²) in [6, 6.07) is 16.1. The Morgan fingerprint density at radius 2 is 1.71 bits per heavy atom. The van der Waals surface area contributed by atoms with Gasteiger partial charge >= 0.3 is 11.7 Å². The molecule has 0 bridgehead atoms. The highest BCUT2D eigenvalue weighted by Crippen LogP contribution is 2.30. The van der Waals surface area contributed by atoms with Crippen molar-refractivity contribution in [2.45, 2.75) is 12.7 Å². The minimum Gasteiger partial charge on any atom is -0.497 e. The standard InChI is InChI=1S/C25H17F4N3O2/c1-34-19-11-5-15(6-12-19)13-31-14-16-3-2-4-20(26)21(16)22-23(31)24(33)32(30-22)18-9-7-17(8-10-18)25(27,28)29/h2-12,14H,13H2,1H3/p+1. The van der Waals surface area contributed by atoms with Gasteiger partial charge in [0.25, 0.3) is 5.52 Å². The third-order valence-corrected chi connectivity index (χ3v) is 5.71. The summed E-state index contributed by atoms with van der Waals surface area (Å²) in [7, 11) is 1.56. The molecule has 0 aliphatic rings. The molecule has 5 aromatic rings. The maximum absolute atomic E-state index is 14.8. The van der Waals surface area contributed by atoms with Gasteiger partial charge in [-0.1, -0.05) is 6.07 Å². The predicted octanol–water partition coefficient (Wildman–Crippen LogP) is 4.97. The van der Waals surface area contributed by atoms with Gasteiger partial charge in [-0.15, -0.1) is 0 Å². The van der Waals surface area contributed by atoms with Crippen molar-refractivity contribution in [1.29, 1.82) is 0 Å². The van der Waals surface area contributed by atoms with Crippen molar-refractivity contribution in [2.75, 3.05) is 7.11 Å². The zero-order chi connectivity index (χ0) is 24.0. The van der Waals surface area contributed by atoms with Crippen LogP contribution in [0.15, 0.2) is 77.7 Å². The molecule has 0 atom stereocenters.